The van der Waals surface area contributed by atoms with Gasteiger partial charge in [0.1, 0.15) is 0 Å². The first kappa shape index (κ1) is 7.77. The lowest BCUT2D eigenvalue weighted by Gasteiger charge is -2.10. The molecule has 0 bridgehead atoms. The number of carbonyl (C=O) groups excluding carboxylic acids is 2. The van der Waals surface area contributed by atoms with Crippen LogP contribution in [0, 0.1) is 0 Å². The Labute approximate surface area is 61.0 Å². The molecule has 1 aliphatic rings. The highest BCUT2D eigenvalue weighted by Gasteiger charge is 2.51. The predicted octanol–water partition coefficient (Wildman–Crippen LogP) is -0.00800. The summed E-state index contributed by atoms with van der Waals surface area (Å²) in [5, 5.41) is 0. The van der Waals surface area contributed by atoms with Crippen LogP contribution in [-0.4, -0.2) is 31.7 Å². The van der Waals surface area contributed by atoms with Crippen molar-refractivity contribution in [2.24, 2.45) is 0 Å². The number of methoxy groups -OCH3 is 1. The van der Waals surface area contributed by atoms with E-state index in [1.54, 1.807) is 0 Å². The zero-order valence-corrected chi connectivity index (χ0v) is 5.63. The first-order chi connectivity index (χ1) is 5.08. The number of ether oxygens (including phenoxy) is 3. The molecule has 6 heteroatoms. The SMILES string of the molecule is COC(=O)C1(F)COC(=O)O1. The van der Waals surface area contributed by atoms with Gasteiger partial charge in [-0.1, -0.05) is 0 Å². The van der Waals surface area contributed by atoms with Crippen LogP contribution in [0.1, 0.15) is 0 Å². The zero-order chi connectivity index (χ0) is 8.48. The van der Waals surface area contributed by atoms with Gasteiger partial charge in [0.05, 0.1) is 7.11 Å². The lowest BCUT2D eigenvalue weighted by atomic mass is 10.3. The Bertz CT molecular complexity index is 203. The molecular formula is C5H5FO5. The number of rotatable bonds is 1. The Morgan fingerprint density at radius 3 is 2.82 bits per heavy atom. The molecule has 0 aromatic carbocycles. The highest BCUT2D eigenvalue weighted by Crippen LogP contribution is 2.22. The van der Waals surface area contributed by atoms with E-state index >= 15 is 0 Å². The number of carbonyl (C=O) groups is 2. The van der Waals surface area contributed by atoms with Gasteiger partial charge in [-0.3, -0.25) is 0 Å². The lowest BCUT2D eigenvalue weighted by molar-refractivity contribution is -0.176. The van der Waals surface area contributed by atoms with E-state index < -0.39 is 24.6 Å². The summed E-state index contributed by atoms with van der Waals surface area (Å²) in [6.07, 6.45) is -1.21. The number of halogens is 1. The first-order valence-corrected chi connectivity index (χ1v) is 2.71. The van der Waals surface area contributed by atoms with Crippen molar-refractivity contribution in [2.45, 2.75) is 5.85 Å². The molecule has 0 aromatic heterocycles. The van der Waals surface area contributed by atoms with Crippen LogP contribution in [0.4, 0.5) is 9.18 Å². The molecule has 1 heterocycles. The Morgan fingerprint density at radius 1 is 1.82 bits per heavy atom. The van der Waals surface area contributed by atoms with Crippen molar-refractivity contribution in [3.8, 4) is 0 Å². The third kappa shape index (κ3) is 1.24. The van der Waals surface area contributed by atoms with E-state index in [0.717, 1.165) is 7.11 Å². The number of alkyl halides is 1. The van der Waals surface area contributed by atoms with E-state index in [2.05, 4.69) is 14.2 Å². The second-order valence-corrected chi connectivity index (χ2v) is 1.86. The molecule has 1 aliphatic heterocycles. The fourth-order valence-corrected chi connectivity index (χ4v) is 0.596. The zero-order valence-electron chi connectivity index (χ0n) is 5.63. The Morgan fingerprint density at radius 2 is 2.45 bits per heavy atom. The molecule has 11 heavy (non-hydrogen) atoms. The summed E-state index contributed by atoms with van der Waals surface area (Å²) in [4.78, 5) is 20.7. The summed E-state index contributed by atoms with van der Waals surface area (Å²) < 4.78 is 24.9. The topological polar surface area (TPSA) is 61.8 Å². The van der Waals surface area contributed by atoms with Crippen molar-refractivity contribution < 1.29 is 28.2 Å². The third-order valence-electron chi connectivity index (χ3n) is 1.11. The Kier molecular flexibility index (Phi) is 1.67. The second-order valence-electron chi connectivity index (χ2n) is 1.86. The van der Waals surface area contributed by atoms with Gasteiger partial charge in [-0.2, -0.15) is 4.39 Å². The van der Waals surface area contributed by atoms with Crippen LogP contribution >= 0.6 is 0 Å². The lowest BCUT2D eigenvalue weighted by Crippen LogP contribution is -2.37. The van der Waals surface area contributed by atoms with Crippen molar-refractivity contribution in [1.82, 2.24) is 0 Å². The Balaban J connectivity index is 2.69. The van der Waals surface area contributed by atoms with Gasteiger partial charge < -0.3 is 14.2 Å². The average Bonchev–Trinajstić information content (AvgIpc) is 2.31. The normalized spacial score (nSPS) is 29.1. The van der Waals surface area contributed by atoms with Crippen LogP contribution in [0.5, 0.6) is 0 Å². The number of esters is 1. The number of hydrogen-bond donors (Lipinski definition) is 0. The highest BCUT2D eigenvalue weighted by molar-refractivity contribution is 5.82. The maximum atomic E-state index is 12.9. The van der Waals surface area contributed by atoms with Crippen molar-refractivity contribution in [3.05, 3.63) is 0 Å². The minimum absolute atomic E-state index is 0.751. The minimum atomic E-state index is -2.76. The van der Waals surface area contributed by atoms with Crippen LogP contribution in [0.15, 0.2) is 0 Å². The quantitative estimate of drug-likeness (QED) is 0.510. The molecule has 1 fully saturated rings. The van der Waals surface area contributed by atoms with Crippen LogP contribution in [0.2, 0.25) is 0 Å². The minimum Gasteiger partial charge on any atom is -0.464 e. The number of hydrogen-bond acceptors (Lipinski definition) is 5. The largest absolute Gasteiger partial charge is 0.511 e. The van der Waals surface area contributed by atoms with E-state index in [1.807, 2.05) is 0 Å². The molecule has 1 saturated heterocycles. The van der Waals surface area contributed by atoms with Gasteiger partial charge in [-0.25, -0.2) is 9.59 Å². The van der Waals surface area contributed by atoms with E-state index in [0.29, 0.717) is 0 Å². The van der Waals surface area contributed by atoms with Gasteiger partial charge in [0, 0.05) is 0 Å². The first-order valence-electron chi connectivity index (χ1n) is 2.71. The molecule has 0 saturated carbocycles. The van der Waals surface area contributed by atoms with E-state index in [-0.39, 0.29) is 0 Å². The molecule has 1 rings (SSSR count). The molecule has 0 spiro atoms. The molecule has 0 amide bonds. The van der Waals surface area contributed by atoms with Crippen molar-refractivity contribution in [1.29, 1.82) is 0 Å². The van der Waals surface area contributed by atoms with Gasteiger partial charge in [-0.05, 0) is 0 Å². The molecule has 0 aromatic rings. The molecule has 5 nitrogen and oxygen atoms in total. The molecule has 0 radical (unpaired) electrons. The van der Waals surface area contributed by atoms with Gasteiger partial charge >= 0.3 is 18.0 Å². The van der Waals surface area contributed by atoms with Gasteiger partial charge in [0.15, 0.2) is 6.61 Å². The van der Waals surface area contributed by atoms with Crippen LogP contribution in [-0.2, 0) is 19.0 Å². The predicted molar refractivity (Wildman–Crippen MR) is 28.3 cm³/mol. The summed E-state index contributed by atoms with van der Waals surface area (Å²) in [5.41, 5.74) is 0. The van der Waals surface area contributed by atoms with Gasteiger partial charge in [0.2, 0.25) is 0 Å². The summed E-state index contributed by atoms with van der Waals surface area (Å²) in [7, 11) is 0.982. The number of cyclic esters (lactones) is 2. The molecule has 1 atom stereocenters. The summed E-state index contributed by atoms with van der Waals surface area (Å²) in [5.74, 6) is -4.03. The summed E-state index contributed by atoms with van der Waals surface area (Å²) >= 11 is 0. The van der Waals surface area contributed by atoms with Crippen LogP contribution in [0.3, 0.4) is 0 Å². The van der Waals surface area contributed by atoms with Gasteiger partial charge in [0.25, 0.3) is 0 Å². The maximum absolute atomic E-state index is 12.9. The van der Waals surface area contributed by atoms with Crippen molar-refractivity contribution >= 4 is 12.1 Å². The van der Waals surface area contributed by atoms with Crippen molar-refractivity contribution in [2.75, 3.05) is 13.7 Å². The Hall–Kier alpha value is -1.33. The summed E-state index contributed by atoms with van der Waals surface area (Å²) in [6.45, 7) is -0.751. The van der Waals surface area contributed by atoms with E-state index in [9.17, 15) is 14.0 Å². The molecular weight excluding hydrogens is 159 g/mol. The highest BCUT2D eigenvalue weighted by atomic mass is 19.2. The van der Waals surface area contributed by atoms with Gasteiger partial charge in [-0.15, -0.1) is 0 Å². The second kappa shape index (κ2) is 2.37. The van der Waals surface area contributed by atoms with Crippen LogP contribution in [0.25, 0.3) is 0 Å². The molecule has 62 valence electrons. The van der Waals surface area contributed by atoms with Crippen LogP contribution < -0.4 is 0 Å². The fourth-order valence-electron chi connectivity index (χ4n) is 0.596. The standard InChI is InChI=1S/C5H5FO5/c1-9-3(7)5(6)2-10-4(8)11-5/h2H2,1H3. The molecule has 1 unspecified atom stereocenters. The average molecular weight is 164 g/mol. The fraction of sp³-hybridized carbons (Fsp3) is 0.600. The third-order valence-corrected chi connectivity index (χ3v) is 1.11. The van der Waals surface area contributed by atoms with Crippen molar-refractivity contribution in [3.63, 3.8) is 0 Å². The summed E-state index contributed by atoms with van der Waals surface area (Å²) in [6, 6.07) is 0. The molecule has 0 N–H and O–H groups in total. The van der Waals surface area contributed by atoms with E-state index in [4.69, 9.17) is 0 Å². The monoisotopic (exact) mass is 164 g/mol. The smallest absolute Gasteiger partial charge is 0.464 e. The maximum Gasteiger partial charge on any atom is 0.511 e. The van der Waals surface area contributed by atoms with E-state index in [1.165, 1.54) is 0 Å². The molecule has 0 aliphatic carbocycles.